The van der Waals surface area contributed by atoms with Crippen LogP contribution in [0.4, 0.5) is 0 Å². The number of rotatable bonds is 6. The van der Waals surface area contributed by atoms with E-state index in [1.807, 2.05) is 12.1 Å². The van der Waals surface area contributed by atoms with Crippen LogP contribution in [0.3, 0.4) is 0 Å². The van der Waals surface area contributed by atoms with Crippen LogP contribution in [0.15, 0.2) is 12.1 Å². The molecule has 1 atom stereocenters. The fraction of sp³-hybridized carbons (Fsp3) is 0.700. The fourth-order valence-corrected chi connectivity index (χ4v) is 6.50. The maximum absolute atomic E-state index is 13.3. The average molecular weight is 403 g/mol. The lowest BCUT2D eigenvalue weighted by atomic mass is 9.78. The molecule has 1 aromatic rings. The van der Waals surface area contributed by atoms with E-state index in [1.165, 1.54) is 14.2 Å². The Morgan fingerprint density at radius 1 is 0.962 bits per heavy atom. The van der Waals surface area contributed by atoms with E-state index in [-0.39, 0.29) is 16.1 Å². The van der Waals surface area contributed by atoms with E-state index in [4.69, 9.17) is 9.05 Å². The van der Waals surface area contributed by atoms with Gasteiger partial charge in [0.15, 0.2) is 0 Å². The molecule has 0 amide bonds. The van der Waals surface area contributed by atoms with Crippen LogP contribution < -0.4 is 0 Å². The minimum Gasteiger partial charge on any atom is -0.507 e. The molecule has 4 nitrogen and oxygen atoms in total. The van der Waals surface area contributed by atoms with Crippen LogP contribution in [0.1, 0.15) is 77.1 Å². The van der Waals surface area contributed by atoms with Crippen molar-refractivity contribution < 1.29 is 18.7 Å². The van der Waals surface area contributed by atoms with Crippen molar-refractivity contribution in [3.05, 3.63) is 28.8 Å². The number of phenols is 1. The Hall–Kier alpha value is -0.480. The second kappa shape index (κ2) is 8.26. The molecule has 1 rings (SSSR count). The van der Waals surface area contributed by atoms with Crippen LogP contribution in [-0.2, 0) is 24.4 Å². The number of phenolic OH excluding ortho intramolecular Hbond substituents is 1. The molecular formula is C20H35O4PS. The van der Waals surface area contributed by atoms with Crippen LogP contribution >= 0.6 is 19.4 Å². The highest BCUT2D eigenvalue weighted by Crippen LogP contribution is 2.66. The van der Waals surface area contributed by atoms with Crippen LogP contribution in [0.5, 0.6) is 5.75 Å². The molecule has 6 heteroatoms. The number of aromatic hydroxyl groups is 1. The Kier molecular flexibility index (Phi) is 7.49. The molecule has 1 unspecified atom stereocenters. The zero-order valence-corrected chi connectivity index (χ0v) is 19.5. The van der Waals surface area contributed by atoms with Gasteiger partial charge < -0.3 is 14.2 Å². The van der Waals surface area contributed by atoms with Crippen molar-refractivity contribution in [2.75, 3.05) is 14.2 Å². The standard InChI is InChI=1S/C20H35O4PS/c1-13(2)26-18(25(22,23-9)24-10)14-11-15(19(3,4)5)17(21)16(12-14)20(6,7)8/h11-13,18,21H,1-10H3. The quantitative estimate of drug-likeness (QED) is 0.542. The predicted octanol–water partition coefficient (Wildman–Crippen LogP) is 6.61. The van der Waals surface area contributed by atoms with Crippen molar-refractivity contribution in [3.8, 4) is 5.75 Å². The van der Waals surface area contributed by atoms with E-state index in [1.54, 1.807) is 11.8 Å². The third-order valence-corrected chi connectivity index (χ3v) is 8.34. The molecule has 0 bridgehead atoms. The third-order valence-electron chi connectivity index (χ3n) is 4.23. The molecule has 26 heavy (non-hydrogen) atoms. The van der Waals surface area contributed by atoms with Gasteiger partial charge in [0.25, 0.3) is 0 Å². The fourth-order valence-electron chi connectivity index (χ4n) is 2.80. The summed E-state index contributed by atoms with van der Waals surface area (Å²) >= 11 is 1.56. The van der Waals surface area contributed by atoms with E-state index in [0.29, 0.717) is 5.75 Å². The lowest BCUT2D eigenvalue weighted by Crippen LogP contribution is -2.18. The molecule has 0 radical (unpaired) electrons. The van der Waals surface area contributed by atoms with Crippen molar-refractivity contribution >= 4 is 19.4 Å². The molecule has 0 aliphatic carbocycles. The lowest BCUT2D eigenvalue weighted by Gasteiger charge is -2.31. The van der Waals surface area contributed by atoms with Crippen LogP contribution in [0.25, 0.3) is 0 Å². The Labute approximate surface area is 163 Å². The Bertz CT molecular complexity index is 628. The summed E-state index contributed by atoms with van der Waals surface area (Å²) < 4.78 is 23.9. The molecule has 0 spiro atoms. The summed E-state index contributed by atoms with van der Waals surface area (Å²) in [5, 5.41) is 11.2. The first-order valence-corrected chi connectivity index (χ1v) is 11.5. The first-order valence-electron chi connectivity index (χ1n) is 8.92. The minimum absolute atomic E-state index is 0.239. The molecule has 0 fully saturated rings. The summed E-state index contributed by atoms with van der Waals surface area (Å²) in [5.41, 5.74) is 2.04. The summed E-state index contributed by atoms with van der Waals surface area (Å²) in [7, 11) is -0.496. The molecule has 0 saturated carbocycles. The molecule has 0 aliphatic heterocycles. The van der Waals surface area contributed by atoms with Gasteiger partial charge in [-0.1, -0.05) is 55.4 Å². The third kappa shape index (κ3) is 5.28. The Morgan fingerprint density at radius 2 is 1.35 bits per heavy atom. The van der Waals surface area contributed by atoms with Crippen LogP contribution in [0.2, 0.25) is 0 Å². The molecule has 1 aromatic carbocycles. The summed E-state index contributed by atoms with van der Waals surface area (Å²) in [6.07, 6.45) is 0. The molecule has 0 saturated heterocycles. The van der Waals surface area contributed by atoms with Gasteiger partial charge in [-0.15, -0.1) is 11.8 Å². The average Bonchev–Trinajstić information content (AvgIpc) is 2.50. The molecule has 1 N–H and O–H groups in total. The summed E-state index contributed by atoms with van der Waals surface area (Å²) in [6, 6.07) is 3.91. The SMILES string of the molecule is COP(=O)(OC)C(SC(C)C)c1cc(C(C)(C)C)c(O)c(C(C)(C)C)c1. The highest BCUT2D eigenvalue weighted by atomic mass is 32.2. The van der Waals surface area contributed by atoms with Crippen molar-refractivity contribution in [1.82, 2.24) is 0 Å². The van der Waals surface area contributed by atoms with Crippen molar-refractivity contribution in [2.45, 2.75) is 76.5 Å². The van der Waals surface area contributed by atoms with Gasteiger partial charge in [0.05, 0.1) is 0 Å². The summed E-state index contributed by atoms with van der Waals surface area (Å²) in [6.45, 7) is 16.5. The molecule has 0 heterocycles. The van der Waals surface area contributed by atoms with Crippen molar-refractivity contribution in [3.63, 3.8) is 0 Å². The minimum atomic E-state index is -3.35. The smallest absolute Gasteiger partial charge is 0.347 e. The number of thioether (sulfide) groups is 1. The first kappa shape index (κ1) is 23.6. The van der Waals surface area contributed by atoms with Crippen molar-refractivity contribution in [1.29, 1.82) is 0 Å². The maximum Gasteiger partial charge on any atom is 0.347 e. The summed E-state index contributed by atoms with van der Waals surface area (Å²) in [5.74, 6) is 0.312. The van der Waals surface area contributed by atoms with Crippen LogP contribution in [0, 0.1) is 0 Å². The molecule has 0 aliphatic rings. The van der Waals surface area contributed by atoms with E-state index in [0.717, 1.165) is 16.7 Å². The van der Waals surface area contributed by atoms with Gasteiger partial charge in [0.1, 0.15) is 10.7 Å². The number of hydrogen-bond acceptors (Lipinski definition) is 5. The highest BCUT2D eigenvalue weighted by molar-refractivity contribution is 8.05. The number of benzene rings is 1. The highest BCUT2D eigenvalue weighted by Gasteiger charge is 2.38. The van der Waals surface area contributed by atoms with E-state index in [9.17, 15) is 9.67 Å². The zero-order valence-electron chi connectivity index (χ0n) is 17.8. The largest absolute Gasteiger partial charge is 0.507 e. The monoisotopic (exact) mass is 402 g/mol. The van der Waals surface area contributed by atoms with Gasteiger partial charge in [-0.05, 0) is 39.7 Å². The van der Waals surface area contributed by atoms with Gasteiger partial charge in [-0.3, -0.25) is 4.57 Å². The van der Waals surface area contributed by atoms with E-state index in [2.05, 4.69) is 55.4 Å². The van der Waals surface area contributed by atoms with Gasteiger partial charge in [-0.25, -0.2) is 0 Å². The second-order valence-electron chi connectivity index (χ2n) is 8.91. The Balaban J connectivity index is 3.79. The van der Waals surface area contributed by atoms with E-state index < -0.39 is 12.6 Å². The lowest BCUT2D eigenvalue weighted by molar-refractivity contribution is 0.273. The topological polar surface area (TPSA) is 55.8 Å². The van der Waals surface area contributed by atoms with Crippen LogP contribution in [-0.4, -0.2) is 24.6 Å². The van der Waals surface area contributed by atoms with Gasteiger partial charge >= 0.3 is 7.60 Å². The Morgan fingerprint density at radius 3 is 1.62 bits per heavy atom. The zero-order chi connectivity index (χ0) is 20.5. The van der Waals surface area contributed by atoms with Gasteiger partial charge in [0, 0.05) is 19.5 Å². The van der Waals surface area contributed by atoms with E-state index >= 15 is 0 Å². The first-order chi connectivity index (χ1) is 11.7. The molecular weight excluding hydrogens is 367 g/mol. The number of hydrogen-bond donors (Lipinski definition) is 1. The predicted molar refractivity (Wildman–Crippen MR) is 113 cm³/mol. The maximum atomic E-state index is 13.3. The molecule has 0 aromatic heterocycles. The van der Waals surface area contributed by atoms with Gasteiger partial charge in [0.2, 0.25) is 0 Å². The van der Waals surface area contributed by atoms with Gasteiger partial charge in [-0.2, -0.15) is 0 Å². The summed E-state index contributed by atoms with van der Waals surface area (Å²) in [4.78, 5) is -0.458. The molecule has 150 valence electrons. The van der Waals surface area contributed by atoms with Crippen molar-refractivity contribution in [2.24, 2.45) is 0 Å². The normalized spacial score (nSPS) is 14.7. The second-order valence-corrected chi connectivity index (χ2v) is 13.3.